The van der Waals surface area contributed by atoms with Crippen molar-refractivity contribution in [3.05, 3.63) is 82.8 Å². The summed E-state index contributed by atoms with van der Waals surface area (Å²) in [6.07, 6.45) is -5.05. The van der Waals surface area contributed by atoms with E-state index in [0.717, 1.165) is 6.07 Å². The molecule has 0 unspecified atom stereocenters. The molecule has 3 rings (SSSR count). The highest BCUT2D eigenvalue weighted by Crippen LogP contribution is 2.46. The van der Waals surface area contributed by atoms with Crippen LogP contribution < -0.4 is 5.32 Å². The Labute approximate surface area is 177 Å². The molecule has 0 fully saturated rings. The number of alkyl halides is 3. The van der Waals surface area contributed by atoms with Crippen LogP contribution in [0, 0.1) is 30.3 Å². The highest BCUT2D eigenvalue weighted by Gasteiger charge is 2.37. The van der Waals surface area contributed by atoms with Gasteiger partial charge >= 0.3 is 6.18 Å². The largest absolute Gasteiger partial charge is 0.418 e. The quantitative estimate of drug-likeness (QED) is 0.329. The van der Waals surface area contributed by atoms with Crippen molar-refractivity contribution < 1.29 is 27.9 Å². The number of nitrogens with one attached hydrogen (secondary N) is 1. The van der Waals surface area contributed by atoms with Crippen LogP contribution >= 0.6 is 15.9 Å². The molecular formula is C17H8BrF3N4O6. The van der Waals surface area contributed by atoms with Crippen LogP contribution in [0.5, 0.6) is 0 Å². The first-order chi connectivity index (χ1) is 14.4. The summed E-state index contributed by atoms with van der Waals surface area (Å²) in [4.78, 5) is 31.0. The third-order valence-electron chi connectivity index (χ3n) is 4.24. The highest BCUT2D eigenvalue weighted by molar-refractivity contribution is 9.10. The average molecular weight is 501 g/mol. The van der Waals surface area contributed by atoms with Gasteiger partial charge in [0.1, 0.15) is 5.69 Å². The van der Waals surface area contributed by atoms with Crippen molar-refractivity contribution in [1.82, 2.24) is 0 Å². The van der Waals surface area contributed by atoms with Crippen molar-refractivity contribution in [3.8, 4) is 0 Å². The van der Waals surface area contributed by atoms with Crippen molar-refractivity contribution in [2.45, 2.75) is 6.18 Å². The van der Waals surface area contributed by atoms with E-state index in [-0.39, 0.29) is 21.3 Å². The number of non-ortho nitro benzene ring substituents is 2. The number of rotatable bonds is 5. The van der Waals surface area contributed by atoms with Gasteiger partial charge in [-0.15, -0.1) is 0 Å². The number of benzene rings is 3. The fourth-order valence-corrected chi connectivity index (χ4v) is 3.49. The number of hydrogen-bond donors (Lipinski definition) is 1. The zero-order valence-corrected chi connectivity index (χ0v) is 16.4. The molecule has 0 aliphatic heterocycles. The van der Waals surface area contributed by atoms with Gasteiger partial charge in [0.2, 0.25) is 0 Å². The Morgan fingerprint density at radius 1 is 0.806 bits per heavy atom. The van der Waals surface area contributed by atoms with Crippen LogP contribution in [0.1, 0.15) is 5.56 Å². The van der Waals surface area contributed by atoms with Gasteiger partial charge in [-0.3, -0.25) is 30.3 Å². The summed E-state index contributed by atoms with van der Waals surface area (Å²) in [6, 6.07) is 7.10. The molecule has 0 aromatic heterocycles. The molecule has 3 aromatic carbocycles. The van der Waals surface area contributed by atoms with E-state index in [4.69, 9.17) is 0 Å². The minimum absolute atomic E-state index is 0.0489. The summed E-state index contributed by atoms with van der Waals surface area (Å²) >= 11 is 2.83. The average Bonchev–Trinajstić information content (AvgIpc) is 2.67. The number of nitrogens with zero attached hydrogens (tertiary/aromatic N) is 3. The van der Waals surface area contributed by atoms with Gasteiger partial charge < -0.3 is 5.32 Å². The minimum Gasteiger partial charge on any atom is -0.348 e. The van der Waals surface area contributed by atoms with Gasteiger partial charge in [-0.1, -0.05) is 18.2 Å². The van der Waals surface area contributed by atoms with Gasteiger partial charge in [-0.25, -0.2) is 0 Å². The molecule has 3 aromatic rings. The van der Waals surface area contributed by atoms with Crippen LogP contribution in [0.4, 0.5) is 41.6 Å². The SMILES string of the molecule is O=[N+]([O-])c1cc(Br)c(Nc2c([N+](=O)[O-])cc([N+](=O)[O-])c3ccccc23)c(C(F)(F)F)c1. The molecule has 0 heterocycles. The molecule has 0 amide bonds. The summed E-state index contributed by atoms with van der Waals surface area (Å²) in [5.74, 6) is 0. The molecule has 0 radical (unpaired) electrons. The van der Waals surface area contributed by atoms with Crippen LogP contribution in [-0.2, 0) is 6.18 Å². The Morgan fingerprint density at radius 3 is 1.90 bits per heavy atom. The predicted octanol–water partition coefficient (Wildman–Crippen LogP) is 6.09. The number of nitro benzene ring substituents is 3. The number of anilines is 2. The van der Waals surface area contributed by atoms with Crippen LogP contribution in [0.25, 0.3) is 10.8 Å². The Morgan fingerprint density at radius 2 is 1.39 bits per heavy atom. The summed E-state index contributed by atoms with van der Waals surface area (Å²) in [6.45, 7) is 0. The minimum atomic E-state index is -5.05. The second-order valence-corrected chi connectivity index (χ2v) is 6.93. The summed E-state index contributed by atoms with van der Waals surface area (Å²) in [5, 5.41) is 36.1. The first-order valence-electron chi connectivity index (χ1n) is 8.08. The molecule has 160 valence electrons. The fraction of sp³-hybridized carbons (Fsp3) is 0.0588. The van der Waals surface area contributed by atoms with Gasteiger partial charge in [-0.2, -0.15) is 13.2 Å². The third kappa shape index (κ3) is 4.09. The summed E-state index contributed by atoms with van der Waals surface area (Å²) < 4.78 is 40.4. The van der Waals surface area contributed by atoms with Crippen molar-refractivity contribution in [3.63, 3.8) is 0 Å². The van der Waals surface area contributed by atoms with Crippen LogP contribution in [0.15, 0.2) is 46.9 Å². The maximum atomic E-state index is 13.6. The van der Waals surface area contributed by atoms with Crippen LogP contribution in [0.3, 0.4) is 0 Å². The van der Waals surface area contributed by atoms with Gasteiger partial charge in [0.05, 0.1) is 37.5 Å². The van der Waals surface area contributed by atoms with E-state index in [2.05, 4.69) is 21.2 Å². The lowest BCUT2D eigenvalue weighted by atomic mass is 10.0. The molecule has 10 nitrogen and oxygen atoms in total. The maximum absolute atomic E-state index is 13.6. The van der Waals surface area contributed by atoms with Crippen molar-refractivity contribution >= 4 is 55.1 Å². The van der Waals surface area contributed by atoms with Crippen LogP contribution in [-0.4, -0.2) is 14.8 Å². The lowest BCUT2D eigenvalue weighted by Crippen LogP contribution is -2.11. The second kappa shape index (κ2) is 7.79. The number of fused-ring (bicyclic) bond motifs is 1. The molecule has 0 aliphatic rings. The predicted molar refractivity (Wildman–Crippen MR) is 106 cm³/mol. The fourth-order valence-electron chi connectivity index (χ4n) is 2.94. The lowest BCUT2D eigenvalue weighted by molar-refractivity contribution is -0.392. The Hall–Kier alpha value is -3.81. The monoisotopic (exact) mass is 500 g/mol. The zero-order valence-electron chi connectivity index (χ0n) is 14.8. The van der Waals surface area contributed by atoms with Crippen molar-refractivity contribution in [2.24, 2.45) is 0 Å². The molecule has 0 aliphatic carbocycles. The first-order valence-corrected chi connectivity index (χ1v) is 8.87. The van der Waals surface area contributed by atoms with E-state index in [0.29, 0.717) is 6.07 Å². The number of hydrogen-bond acceptors (Lipinski definition) is 7. The van der Waals surface area contributed by atoms with E-state index in [1.165, 1.54) is 24.3 Å². The van der Waals surface area contributed by atoms with Gasteiger partial charge in [0.25, 0.3) is 17.1 Å². The first kappa shape index (κ1) is 21.9. The van der Waals surface area contributed by atoms with Crippen LogP contribution in [0.2, 0.25) is 0 Å². The molecule has 0 spiro atoms. The third-order valence-corrected chi connectivity index (χ3v) is 4.86. The molecular weight excluding hydrogens is 493 g/mol. The Balaban J connectivity index is 2.36. The van der Waals surface area contributed by atoms with E-state index in [9.17, 15) is 43.5 Å². The summed E-state index contributed by atoms with van der Waals surface area (Å²) in [7, 11) is 0. The van der Waals surface area contributed by atoms with Gasteiger partial charge in [-0.05, 0) is 22.0 Å². The molecule has 0 saturated heterocycles. The van der Waals surface area contributed by atoms with E-state index >= 15 is 0 Å². The maximum Gasteiger partial charge on any atom is 0.418 e. The van der Waals surface area contributed by atoms with Gasteiger partial charge in [0, 0.05) is 22.0 Å². The highest BCUT2D eigenvalue weighted by atomic mass is 79.9. The summed E-state index contributed by atoms with van der Waals surface area (Å²) in [5.41, 5.74) is -4.92. The standard InChI is InChI=1S/C17H8BrF3N4O6/c18-12-6-8(23(26)27)5-11(17(19,20)21)16(12)22-15-10-4-2-1-3-9(10)13(24(28)29)7-14(15)25(30)31/h1-7,22H. The topological polar surface area (TPSA) is 141 Å². The molecule has 0 atom stereocenters. The molecule has 0 saturated carbocycles. The number of nitro groups is 3. The Kier molecular flexibility index (Phi) is 5.50. The second-order valence-electron chi connectivity index (χ2n) is 6.08. The molecule has 31 heavy (non-hydrogen) atoms. The molecule has 14 heteroatoms. The zero-order chi connectivity index (χ0) is 23.1. The van der Waals surface area contributed by atoms with E-state index in [1.54, 1.807) is 0 Å². The molecule has 0 bridgehead atoms. The van der Waals surface area contributed by atoms with Crippen molar-refractivity contribution in [2.75, 3.05) is 5.32 Å². The lowest BCUT2D eigenvalue weighted by Gasteiger charge is -2.17. The van der Waals surface area contributed by atoms with E-state index in [1.807, 2.05) is 0 Å². The molecule has 1 N–H and O–H groups in total. The Bertz CT molecular complexity index is 1260. The smallest absolute Gasteiger partial charge is 0.348 e. The number of halogens is 4. The van der Waals surface area contributed by atoms with E-state index < -0.39 is 54.9 Å². The normalized spacial score (nSPS) is 11.4. The van der Waals surface area contributed by atoms with Gasteiger partial charge in [0.15, 0.2) is 0 Å². The van der Waals surface area contributed by atoms with Crippen molar-refractivity contribution in [1.29, 1.82) is 0 Å².